The maximum Gasteiger partial charge on any atom is 0.227 e. The molecule has 0 bridgehead atoms. The molecule has 0 aromatic rings. The third kappa shape index (κ3) is 4.40. The predicted octanol–water partition coefficient (Wildman–Crippen LogP) is 3.89. The number of ether oxygens (including phenoxy) is 4. The van der Waals surface area contributed by atoms with Crippen LogP contribution in [0, 0.1) is 46.3 Å². The molecule has 41 heavy (non-hydrogen) atoms. The van der Waals surface area contributed by atoms with Crippen molar-refractivity contribution >= 4 is 0 Å². The van der Waals surface area contributed by atoms with Gasteiger partial charge in [-0.1, -0.05) is 20.8 Å². The first-order valence-electron chi connectivity index (χ1n) is 16.5. The smallest absolute Gasteiger partial charge is 0.227 e. The van der Waals surface area contributed by atoms with E-state index in [2.05, 4.69) is 27.7 Å². The largest absolute Gasteiger partial charge is 0.494 e. The molecule has 4 aliphatic carbocycles. The molecular formula is C33H52O8. The maximum atomic E-state index is 10.4. The van der Waals surface area contributed by atoms with Crippen molar-refractivity contribution in [3.63, 3.8) is 0 Å². The summed E-state index contributed by atoms with van der Waals surface area (Å²) in [5.74, 6) is 3.24. The Morgan fingerprint density at radius 2 is 1.80 bits per heavy atom. The van der Waals surface area contributed by atoms with Crippen molar-refractivity contribution in [1.82, 2.24) is 0 Å². The van der Waals surface area contributed by atoms with Gasteiger partial charge in [-0.2, -0.15) is 0 Å². The van der Waals surface area contributed by atoms with E-state index in [0.29, 0.717) is 35.4 Å². The van der Waals surface area contributed by atoms with Gasteiger partial charge in [-0.3, -0.25) is 0 Å². The summed E-state index contributed by atoms with van der Waals surface area (Å²) in [6.45, 7) is 9.65. The molecular weight excluding hydrogens is 524 g/mol. The zero-order chi connectivity index (χ0) is 28.9. The molecule has 3 heterocycles. The molecule has 8 heteroatoms. The lowest BCUT2D eigenvalue weighted by molar-refractivity contribution is -0.272. The molecule has 15 unspecified atom stereocenters. The molecule has 4 N–H and O–H groups in total. The molecule has 2 saturated heterocycles. The molecule has 0 aromatic carbocycles. The molecule has 0 spiro atoms. The Kier molecular flexibility index (Phi) is 7.18. The van der Waals surface area contributed by atoms with Crippen LogP contribution in [0.1, 0.15) is 91.9 Å². The highest BCUT2D eigenvalue weighted by atomic mass is 16.8. The summed E-state index contributed by atoms with van der Waals surface area (Å²) >= 11 is 0. The third-order valence-corrected chi connectivity index (χ3v) is 13.4. The van der Waals surface area contributed by atoms with Gasteiger partial charge in [0.05, 0.1) is 25.1 Å². The van der Waals surface area contributed by atoms with Crippen LogP contribution in [0.5, 0.6) is 0 Å². The van der Waals surface area contributed by atoms with E-state index in [1.54, 1.807) is 0 Å². The molecule has 4 saturated carbocycles. The van der Waals surface area contributed by atoms with E-state index in [1.165, 1.54) is 49.9 Å². The quantitative estimate of drug-likeness (QED) is 0.337. The Morgan fingerprint density at radius 3 is 2.59 bits per heavy atom. The zero-order valence-corrected chi connectivity index (χ0v) is 25.3. The molecule has 0 amide bonds. The fourth-order valence-electron chi connectivity index (χ4n) is 11.1. The van der Waals surface area contributed by atoms with Gasteiger partial charge in [0.2, 0.25) is 5.79 Å². The number of fused-ring (bicyclic) bond motifs is 8. The van der Waals surface area contributed by atoms with E-state index in [0.717, 1.165) is 43.4 Å². The second-order valence-electron chi connectivity index (χ2n) is 15.5. The van der Waals surface area contributed by atoms with Crippen molar-refractivity contribution in [3.8, 4) is 0 Å². The summed E-state index contributed by atoms with van der Waals surface area (Å²) < 4.78 is 23.5. The first-order valence-corrected chi connectivity index (χ1v) is 16.5. The number of aliphatic hydroxyl groups is 4. The normalized spacial score (nSPS) is 54.4. The van der Waals surface area contributed by atoms with E-state index >= 15 is 0 Å². The van der Waals surface area contributed by atoms with Crippen LogP contribution in [0.2, 0.25) is 0 Å². The lowest BCUT2D eigenvalue weighted by atomic mass is 9.44. The van der Waals surface area contributed by atoms with Gasteiger partial charge in [-0.05, 0) is 111 Å². The molecule has 232 valence electrons. The lowest BCUT2D eigenvalue weighted by Crippen LogP contribution is -2.54. The van der Waals surface area contributed by atoms with Gasteiger partial charge >= 0.3 is 0 Å². The number of epoxide rings is 1. The number of rotatable bonds is 7. The number of allylic oxidation sites excluding steroid dienone is 1. The van der Waals surface area contributed by atoms with E-state index in [4.69, 9.17) is 18.9 Å². The van der Waals surface area contributed by atoms with Crippen LogP contribution >= 0.6 is 0 Å². The van der Waals surface area contributed by atoms with Gasteiger partial charge in [0.25, 0.3) is 0 Å². The summed E-state index contributed by atoms with van der Waals surface area (Å²) in [7, 11) is 0. The first-order chi connectivity index (χ1) is 19.5. The third-order valence-electron chi connectivity index (χ3n) is 13.4. The summed E-state index contributed by atoms with van der Waals surface area (Å²) in [5.41, 5.74) is 2.17. The Balaban J connectivity index is 0.963. The van der Waals surface area contributed by atoms with Gasteiger partial charge in [-0.15, -0.1) is 0 Å². The van der Waals surface area contributed by atoms with E-state index in [1.807, 2.05) is 0 Å². The number of hydrogen-bond acceptors (Lipinski definition) is 8. The van der Waals surface area contributed by atoms with Gasteiger partial charge < -0.3 is 39.4 Å². The second kappa shape index (κ2) is 10.1. The highest BCUT2D eigenvalue weighted by molar-refractivity contribution is 5.26. The summed E-state index contributed by atoms with van der Waals surface area (Å²) in [6.07, 6.45) is 7.87. The van der Waals surface area contributed by atoms with Crippen LogP contribution in [0.4, 0.5) is 0 Å². The molecule has 8 nitrogen and oxygen atoms in total. The fourth-order valence-corrected chi connectivity index (χ4v) is 11.1. The van der Waals surface area contributed by atoms with Gasteiger partial charge in [0.15, 0.2) is 12.4 Å². The second-order valence-corrected chi connectivity index (χ2v) is 15.5. The molecule has 3 aliphatic heterocycles. The van der Waals surface area contributed by atoms with Crippen molar-refractivity contribution in [2.75, 3.05) is 13.2 Å². The molecule has 0 radical (unpaired) electrons. The van der Waals surface area contributed by atoms with Gasteiger partial charge in [0.1, 0.15) is 18.3 Å². The van der Waals surface area contributed by atoms with Crippen LogP contribution in [-0.2, 0) is 18.9 Å². The van der Waals surface area contributed by atoms with E-state index in [9.17, 15) is 20.4 Å². The van der Waals surface area contributed by atoms with Crippen LogP contribution in [0.25, 0.3) is 0 Å². The molecule has 0 aromatic heterocycles. The first kappa shape index (κ1) is 29.0. The average molecular weight is 577 g/mol. The van der Waals surface area contributed by atoms with Crippen molar-refractivity contribution < 1.29 is 39.4 Å². The zero-order valence-electron chi connectivity index (χ0n) is 25.3. The monoisotopic (exact) mass is 576 g/mol. The van der Waals surface area contributed by atoms with Crippen molar-refractivity contribution in [3.05, 3.63) is 11.3 Å². The minimum Gasteiger partial charge on any atom is -0.494 e. The Labute approximate surface area is 244 Å². The average Bonchev–Trinajstić information content (AvgIpc) is 3.42. The van der Waals surface area contributed by atoms with E-state index in [-0.39, 0.29) is 18.6 Å². The Morgan fingerprint density at radius 1 is 1.02 bits per heavy atom. The number of aliphatic hydroxyl groups excluding tert-OH is 3. The van der Waals surface area contributed by atoms with Crippen LogP contribution < -0.4 is 0 Å². The summed E-state index contributed by atoms with van der Waals surface area (Å²) in [5, 5.41) is 40.7. The standard InChI is InChI=1S/C33H52O8/c1-17(16-38-30-28(36)33(37)29(41-33)26(15-34)40-30)5-8-24-18(2)27-25(39-24)14-23-21-7-6-19-13-20(35)9-11-31(19,3)22(21)10-12-32(23,27)4/h17,19-23,25-30,34-37H,5-16H2,1-4H3. The predicted molar refractivity (Wildman–Crippen MR) is 150 cm³/mol. The highest BCUT2D eigenvalue weighted by Crippen LogP contribution is 2.69. The minimum atomic E-state index is -1.68. The van der Waals surface area contributed by atoms with Gasteiger partial charge in [-0.25, -0.2) is 0 Å². The van der Waals surface area contributed by atoms with Crippen molar-refractivity contribution in [2.24, 2.45) is 46.3 Å². The lowest BCUT2D eigenvalue weighted by Gasteiger charge is -2.60. The minimum absolute atomic E-state index is 0.0863. The molecule has 7 aliphatic rings. The van der Waals surface area contributed by atoms with Crippen LogP contribution in [0.3, 0.4) is 0 Å². The number of hydrogen-bond donors (Lipinski definition) is 4. The fraction of sp³-hybridized carbons (Fsp3) is 0.939. The summed E-state index contributed by atoms with van der Waals surface area (Å²) in [4.78, 5) is 0. The maximum absolute atomic E-state index is 10.4. The molecule has 15 atom stereocenters. The molecule has 6 fully saturated rings. The van der Waals surface area contributed by atoms with Crippen LogP contribution in [-0.4, -0.2) is 76.2 Å². The highest BCUT2D eigenvalue weighted by Gasteiger charge is 2.70. The summed E-state index contributed by atoms with van der Waals surface area (Å²) in [6, 6.07) is 0. The van der Waals surface area contributed by atoms with Gasteiger partial charge in [0, 0.05) is 12.3 Å². The van der Waals surface area contributed by atoms with E-state index < -0.39 is 30.4 Å². The SMILES string of the molecule is CC1=C(CCC(C)COC2OC(CO)C3OC3(O)C2O)OC2CC3C4CCC5CC(O)CCC5(C)C4CCC3(C)C12. The Hall–Kier alpha value is -0.740. The van der Waals surface area contributed by atoms with Crippen LogP contribution in [0.15, 0.2) is 11.3 Å². The van der Waals surface area contributed by atoms with Crippen molar-refractivity contribution in [2.45, 2.75) is 135 Å². The topological polar surface area (TPSA) is 121 Å². The molecule has 7 rings (SSSR count). The van der Waals surface area contributed by atoms with Crippen molar-refractivity contribution in [1.29, 1.82) is 0 Å². The Bertz CT molecular complexity index is 1050.